The molecule has 0 atom stereocenters. The molecule has 252 valence electrons. The molecular formula is C48H32B2FN3. The summed E-state index contributed by atoms with van der Waals surface area (Å²) in [5, 5.41) is 7.32. The van der Waals surface area contributed by atoms with Crippen LogP contribution in [0.5, 0.6) is 0 Å². The van der Waals surface area contributed by atoms with Crippen LogP contribution >= 0.6 is 0 Å². The highest BCUT2D eigenvalue weighted by Crippen LogP contribution is 2.45. The van der Waals surface area contributed by atoms with Crippen molar-refractivity contribution in [3.8, 4) is 17.1 Å². The molecule has 14 rings (SSSR count). The predicted octanol–water partition coefficient (Wildman–Crippen LogP) is 7.25. The van der Waals surface area contributed by atoms with Gasteiger partial charge in [-0.2, -0.15) is 0 Å². The topological polar surface area (TPSA) is 14.8 Å². The van der Waals surface area contributed by atoms with Gasteiger partial charge in [0.2, 0.25) is 0 Å². The summed E-state index contributed by atoms with van der Waals surface area (Å²) in [5.74, 6) is -0.118. The molecule has 3 nitrogen and oxygen atoms in total. The number of benzene rings is 7. The van der Waals surface area contributed by atoms with Crippen molar-refractivity contribution < 1.29 is 4.39 Å². The number of aryl methyl sites for hydroxylation is 6. The van der Waals surface area contributed by atoms with E-state index >= 15 is 4.39 Å². The molecule has 4 aliphatic rings. The summed E-state index contributed by atoms with van der Waals surface area (Å²) in [6, 6.07) is 32.0. The van der Waals surface area contributed by atoms with Crippen molar-refractivity contribution in [3.05, 3.63) is 124 Å². The van der Waals surface area contributed by atoms with Crippen molar-refractivity contribution in [2.45, 2.75) is 41.5 Å². The number of hydrogen-bond acceptors (Lipinski definition) is 0. The Bertz CT molecular complexity index is 3360. The minimum atomic E-state index is -0.118. The highest BCUT2D eigenvalue weighted by atomic mass is 19.1. The third-order valence-electron chi connectivity index (χ3n) is 14.1. The van der Waals surface area contributed by atoms with E-state index in [0.717, 1.165) is 44.4 Å². The highest BCUT2D eigenvalue weighted by molar-refractivity contribution is 7.05. The van der Waals surface area contributed by atoms with E-state index in [9.17, 15) is 0 Å². The van der Waals surface area contributed by atoms with Gasteiger partial charge in [-0.3, -0.25) is 0 Å². The molecule has 7 heterocycles. The Kier molecular flexibility index (Phi) is 4.58. The number of hydrogen-bond donors (Lipinski definition) is 0. The normalized spacial score (nSPS) is 14.1. The molecule has 0 unspecified atom stereocenters. The molecule has 0 bridgehead atoms. The summed E-state index contributed by atoms with van der Waals surface area (Å²) >= 11 is 0. The maximum absolute atomic E-state index is 19.2. The summed E-state index contributed by atoms with van der Waals surface area (Å²) in [4.78, 5) is 0. The van der Waals surface area contributed by atoms with Gasteiger partial charge in [-0.15, -0.1) is 0 Å². The van der Waals surface area contributed by atoms with Crippen LogP contribution in [-0.2, 0) is 0 Å². The maximum Gasteiger partial charge on any atom is 0.253 e. The fourth-order valence-electron chi connectivity index (χ4n) is 12.1. The van der Waals surface area contributed by atoms with E-state index in [1.807, 2.05) is 0 Å². The smallest absolute Gasteiger partial charge is 0.253 e. The van der Waals surface area contributed by atoms with E-state index in [1.54, 1.807) is 0 Å². The van der Waals surface area contributed by atoms with Crippen LogP contribution in [-0.4, -0.2) is 27.1 Å². The zero-order valence-corrected chi connectivity index (χ0v) is 31.0. The van der Waals surface area contributed by atoms with E-state index in [-0.39, 0.29) is 19.2 Å². The number of halogens is 1. The average molecular weight is 691 g/mol. The molecule has 4 aliphatic heterocycles. The molecule has 6 heteroatoms. The molecule has 0 saturated carbocycles. The monoisotopic (exact) mass is 691 g/mol. The van der Waals surface area contributed by atoms with Crippen LogP contribution in [0.25, 0.3) is 82.5 Å². The van der Waals surface area contributed by atoms with Crippen LogP contribution in [0.15, 0.2) is 84.9 Å². The second-order valence-electron chi connectivity index (χ2n) is 16.9. The average Bonchev–Trinajstić information content (AvgIpc) is 3.78. The molecule has 0 N–H and O–H groups in total. The first-order valence-electron chi connectivity index (χ1n) is 19.3. The molecule has 0 fully saturated rings. The van der Waals surface area contributed by atoms with Crippen molar-refractivity contribution >= 4 is 112 Å². The predicted molar refractivity (Wildman–Crippen MR) is 227 cm³/mol. The Morgan fingerprint density at radius 3 is 1.09 bits per heavy atom. The first-order chi connectivity index (χ1) is 26.2. The molecule has 54 heavy (non-hydrogen) atoms. The number of rotatable bonds is 0. The highest BCUT2D eigenvalue weighted by Gasteiger charge is 2.51. The summed E-state index contributed by atoms with van der Waals surface area (Å²) in [7, 11) is 0. The van der Waals surface area contributed by atoms with E-state index in [0.29, 0.717) is 0 Å². The fraction of sp³-hybridized carbons (Fsp3) is 0.125. The van der Waals surface area contributed by atoms with Gasteiger partial charge in [0.1, 0.15) is 0 Å². The molecule has 0 spiro atoms. The van der Waals surface area contributed by atoms with Crippen LogP contribution in [0.1, 0.15) is 33.4 Å². The third kappa shape index (κ3) is 2.75. The first-order valence-corrected chi connectivity index (χ1v) is 19.3. The number of nitrogens with zero attached hydrogens (tertiary/aromatic N) is 3. The zero-order valence-electron chi connectivity index (χ0n) is 31.0. The second-order valence-corrected chi connectivity index (χ2v) is 16.9. The van der Waals surface area contributed by atoms with Gasteiger partial charge in [0, 0.05) is 60.1 Å². The van der Waals surface area contributed by atoms with E-state index in [1.165, 1.54) is 104 Å². The second kappa shape index (κ2) is 8.69. The molecular weight excluding hydrogens is 659 g/mol. The third-order valence-corrected chi connectivity index (χ3v) is 14.1. The van der Waals surface area contributed by atoms with Crippen molar-refractivity contribution in [3.63, 3.8) is 0 Å². The Hall–Kier alpha value is -6.00. The Morgan fingerprint density at radius 1 is 0.370 bits per heavy atom. The van der Waals surface area contributed by atoms with Crippen molar-refractivity contribution in [2.24, 2.45) is 0 Å². The van der Waals surface area contributed by atoms with Crippen molar-refractivity contribution in [2.75, 3.05) is 0 Å². The van der Waals surface area contributed by atoms with Gasteiger partial charge in [-0.1, -0.05) is 95.1 Å². The van der Waals surface area contributed by atoms with Crippen LogP contribution in [0.3, 0.4) is 0 Å². The van der Waals surface area contributed by atoms with E-state index < -0.39 is 0 Å². The summed E-state index contributed by atoms with van der Waals surface area (Å²) < 4.78 is 26.5. The molecule has 3 aromatic heterocycles. The zero-order chi connectivity index (χ0) is 36.0. The molecule has 0 aliphatic carbocycles. The van der Waals surface area contributed by atoms with Crippen LogP contribution in [0.2, 0.25) is 0 Å². The SMILES string of the molecule is Cc1ccc2c3ccc(C)c4c3n(c2c1)-c1c(F)c2c3c5c1B4c1c(C)ccc4c6ccc(C)c(c6n-5c14)B3c1c(C)ccc3c4ccc(C)cc4n-2c13. The van der Waals surface area contributed by atoms with Crippen LogP contribution < -0.4 is 32.8 Å². The van der Waals surface area contributed by atoms with Gasteiger partial charge in [0.25, 0.3) is 13.4 Å². The lowest BCUT2D eigenvalue weighted by atomic mass is 9.29. The summed E-state index contributed by atoms with van der Waals surface area (Å²) in [6.07, 6.45) is 0. The van der Waals surface area contributed by atoms with Gasteiger partial charge in [-0.25, -0.2) is 4.39 Å². The molecule has 7 aromatic carbocycles. The first kappa shape index (κ1) is 28.5. The van der Waals surface area contributed by atoms with Crippen molar-refractivity contribution in [1.82, 2.24) is 13.7 Å². The van der Waals surface area contributed by atoms with Gasteiger partial charge in [0.15, 0.2) is 5.82 Å². The minimum absolute atomic E-state index is 0.109. The Morgan fingerprint density at radius 2 is 0.704 bits per heavy atom. The molecule has 0 radical (unpaired) electrons. The maximum atomic E-state index is 19.2. The number of fused-ring (bicyclic) bond motifs is 13. The lowest BCUT2D eigenvalue weighted by Gasteiger charge is -2.42. The largest absolute Gasteiger partial charge is 0.311 e. The quantitative estimate of drug-likeness (QED) is 0.149. The Labute approximate surface area is 311 Å². The number of aromatic nitrogens is 3. The van der Waals surface area contributed by atoms with Gasteiger partial charge in [-0.05, 0) is 97.6 Å². The molecule has 10 aromatic rings. The summed E-state index contributed by atoms with van der Waals surface area (Å²) in [6.45, 7) is 13.2. The van der Waals surface area contributed by atoms with Gasteiger partial charge < -0.3 is 13.7 Å². The van der Waals surface area contributed by atoms with Crippen molar-refractivity contribution in [1.29, 1.82) is 0 Å². The van der Waals surface area contributed by atoms with E-state index in [4.69, 9.17) is 0 Å². The minimum Gasteiger partial charge on any atom is -0.311 e. The fourth-order valence-corrected chi connectivity index (χ4v) is 12.1. The van der Waals surface area contributed by atoms with Gasteiger partial charge >= 0.3 is 0 Å². The van der Waals surface area contributed by atoms with Crippen LogP contribution in [0, 0.1) is 47.4 Å². The van der Waals surface area contributed by atoms with Gasteiger partial charge in [0.05, 0.1) is 22.4 Å². The summed E-state index contributed by atoms with van der Waals surface area (Å²) in [5.41, 5.74) is 24.5. The lowest BCUT2D eigenvalue weighted by Crippen LogP contribution is -2.68. The molecule has 0 amide bonds. The lowest BCUT2D eigenvalue weighted by molar-refractivity contribution is 0.616. The van der Waals surface area contributed by atoms with Crippen LogP contribution in [0.4, 0.5) is 4.39 Å². The van der Waals surface area contributed by atoms with E-state index in [2.05, 4.69) is 140 Å². The standard InChI is InChI=1S/C48H32B2FN3/c1-21-7-13-27-29-15-9-23(3)35-42(29)52(33(27)19-21)47-39-46-40-48(41(47)51)53-34-20-22(2)8-14-28(34)30-16-10-24(4)36(43(30)53)50(40)38-26(6)12-18-32-31-17-11-25(5)37(49(35)39)44(31)54(46)45(32)38/h7-20H,1-6H3. The Balaban J connectivity index is 1.36. The molecule has 0 saturated heterocycles.